The van der Waals surface area contributed by atoms with Crippen molar-refractivity contribution < 1.29 is 61.9 Å². The standard InChI is InChI=1S/C10H6F13NO/c1-2-4(25)24-3-5(11,12)6(13,14)7(15,16)8(17,18)9(19,20)10(21,22)23/h2H,1,3H2,(H,24,25). The first kappa shape index (κ1) is 23.3. The monoisotopic (exact) mass is 403 g/mol. The summed E-state index contributed by atoms with van der Waals surface area (Å²) in [6.07, 6.45) is -7.29. The summed E-state index contributed by atoms with van der Waals surface area (Å²) in [5, 5.41) is 0.796. The third-order valence-electron chi connectivity index (χ3n) is 2.67. The van der Waals surface area contributed by atoms with Crippen molar-refractivity contribution in [3.63, 3.8) is 0 Å². The fourth-order valence-electron chi connectivity index (χ4n) is 1.18. The molecule has 0 atom stereocenters. The summed E-state index contributed by atoms with van der Waals surface area (Å²) in [5.74, 6) is -39.0. The molecule has 0 saturated carbocycles. The van der Waals surface area contributed by atoms with Gasteiger partial charge in [0.2, 0.25) is 5.91 Å². The van der Waals surface area contributed by atoms with E-state index in [9.17, 15) is 61.9 Å². The highest BCUT2D eigenvalue weighted by Crippen LogP contribution is 2.60. The molecule has 0 bridgehead atoms. The molecular weight excluding hydrogens is 397 g/mol. The second-order valence-electron chi connectivity index (χ2n) is 4.42. The molecule has 0 aliphatic carbocycles. The summed E-state index contributed by atoms with van der Waals surface area (Å²) in [6.45, 7) is -0.150. The van der Waals surface area contributed by atoms with Crippen LogP contribution >= 0.6 is 0 Å². The molecule has 0 spiro atoms. The molecule has 15 heteroatoms. The first-order chi connectivity index (χ1) is 10.7. The van der Waals surface area contributed by atoms with E-state index in [1.807, 2.05) is 0 Å². The molecule has 0 heterocycles. The summed E-state index contributed by atoms with van der Waals surface area (Å²) in [5.41, 5.74) is 0. The number of nitrogens with one attached hydrogen (secondary N) is 1. The Morgan fingerprint density at radius 3 is 1.40 bits per heavy atom. The van der Waals surface area contributed by atoms with Crippen molar-refractivity contribution in [2.24, 2.45) is 0 Å². The molecule has 0 saturated heterocycles. The number of hydrogen-bond acceptors (Lipinski definition) is 1. The van der Waals surface area contributed by atoms with Gasteiger partial charge in [-0.25, -0.2) is 0 Å². The van der Waals surface area contributed by atoms with Gasteiger partial charge < -0.3 is 5.32 Å². The van der Waals surface area contributed by atoms with Crippen LogP contribution in [-0.4, -0.2) is 48.2 Å². The van der Waals surface area contributed by atoms with E-state index in [2.05, 4.69) is 6.58 Å². The SMILES string of the molecule is C=CC(=O)NCC(F)(F)C(F)(F)C(F)(F)C(F)(F)C(F)(F)C(F)(F)F. The van der Waals surface area contributed by atoms with Gasteiger partial charge in [0.05, 0.1) is 6.54 Å². The normalized spacial score (nSPS) is 15.1. The van der Waals surface area contributed by atoms with Crippen LogP contribution < -0.4 is 5.32 Å². The minimum Gasteiger partial charge on any atom is -0.346 e. The highest BCUT2D eigenvalue weighted by Gasteiger charge is 2.90. The van der Waals surface area contributed by atoms with Crippen molar-refractivity contribution in [2.75, 3.05) is 6.54 Å². The van der Waals surface area contributed by atoms with E-state index < -0.39 is 48.2 Å². The zero-order valence-corrected chi connectivity index (χ0v) is 11.3. The van der Waals surface area contributed by atoms with Crippen LogP contribution in [-0.2, 0) is 4.79 Å². The van der Waals surface area contributed by atoms with Crippen LogP contribution in [0, 0.1) is 0 Å². The fraction of sp³-hybridized carbons (Fsp3) is 0.700. The van der Waals surface area contributed by atoms with E-state index in [0.717, 1.165) is 5.32 Å². The predicted molar refractivity (Wildman–Crippen MR) is 54.0 cm³/mol. The maximum atomic E-state index is 13.1. The van der Waals surface area contributed by atoms with Crippen molar-refractivity contribution in [1.82, 2.24) is 5.32 Å². The Morgan fingerprint density at radius 2 is 1.08 bits per heavy atom. The van der Waals surface area contributed by atoms with Gasteiger partial charge in [0.15, 0.2) is 0 Å². The molecule has 0 aliphatic heterocycles. The van der Waals surface area contributed by atoms with Gasteiger partial charge in [-0.15, -0.1) is 0 Å². The number of rotatable bonds is 7. The van der Waals surface area contributed by atoms with Gasteiger partial charge in [-0.05, 0) is 6.08 Å². The number of halogens is 13. The summed E-state index contributed by atoms with van der Waals surface area (Å²) in [4.78, 5) is 10.5. The van der Waals surface area contributed by atoms with Crippen LogP contribution in [0.25, 0.3) is 0 Å². The van der Waals surface area contributed by atoms with E-state index >= 15 is 0 Å². The molecular formula is C10H6F13NO. The van der Waals surface area contributed by atoms with Crippen molar-refractivity contribution in [1.29, 1.82) is 0 Å². The molecule has 2 nitrogen and oxygen atoms in total. The van der Waals surface area contributed by atoms with Gasteiger partial charge >= 0.3 is 35.8 Å². The first-order valence-corrected chi connectivity index (χ1v) is 5.56. The third kappa shape index (κ3) is 3.49. The summed E-state index contributed by atoms with van der Waals surface area (Å²) in [7, 11) is 0. The molecule has 0 aliphatic rings. The smallest absolute Gasteiger partial charge is 0.346 e. The minimum absolute atomic E-state index is 0.165. The lowest BCUT2D eigenvalue weighted by Crippen LogP contribution is -2.71. The lowest BCUT2D eigenvalue weighted by Gasteiger charge is -2.39. The molecule has 148 valence electrons. The van der Waals surface area contributed by atoms with Gasteiger partial charge in [-0.2, -0.15) is 57.1 Å². The zero-order chi connectivity index (χ0) is 20.7. The molecule has 0 aromatic rings. The van der Waals surface area contributed by atoms with Crippen LogP contribution in [0.3, 0.4) is 0 Å². The Morgan fingerprint density at radius 1 is 0.720 bits per heavy atom. The van der Waals surface area contributed by atoms with Gasteiger partial charge in [0.1, 0.15) is 0 Å². The largest absolute Gasteiger partial charge is 0.460 e. The highest BCUT2D eigenvalue weighted by molar-refractivity contribution is 5.86. The molecule has 0 unspecified atom stereocenters. The summed E-state index contributed by atoms with van der Waals surface area (Å²) >= 11 is 0. The topological polar surface area (TPSA) is 29.1 Å². The van der Waals surface area contributed by atoms with Crippen molar-refractivity contribution in [2.45, 2.75) is 35.8 Å². The Kier molecular flexibility index (Phi) is 5.81. The zero-order valence-electron chi connectivity index (χ0n) is 11.3. The maximum absolute atomic E-state index is 13.1. The van der Waals surface area contributed by atoms with Gasteiger partial charge in [-0.1, -0.05) is 6.58 Å². The van der Waals surface area contributed by atoms with E-state index in [0.29, 0.717) is 0 Å². The van der Waals surface area contributed by atoms with E-state index in [4.69, 9.17) is 0 Å². The average Bonchev–Trinajstić information content (AvgIpc) is 2.42. The van der Waals surface area contributed by atoms with Crippen LogP contribution in [0.4, 0.5) is 57.1 Å². The Bertz CT molecular complexity index is 521. The average molecular weight is 403 g/mol. The quantitative estimate of drug-likeness (QED) is 0.505. The minimum atomic E-state index is -7.95. The highest BCUT2D eigenvalue weighted by atomic mass is 19.4. The van der Waals surface area contributed by atoms with Gasteiger partial charge in [0.25, 0.3) is 0 Å². The molecule has 1 N–H and O–H groups in total. The second-order valence-corrected chi connectivity index (χ2v) is 4.42. The Balaban J connectivity index is 6.02. The van der Waals surface area contributed by atoms with Crippen molar-refractivity contribution in [3.05, 3.63) is 12.7 Å². The number of carbonyl (C=O) groups excluding carboxylic acids is 1. The van der Waals surface area contributed by atoms with E-state index in [-0.39, 0.29) is 6.08 Å². The van der Waals surface area contributed by atoms with Gasteiger partial charge in [-0.3, -0.25) is 4.79 Å². The molecule has 0 aromatic heterocycles. The Hall–Kier alpha value is -1.70. The summed E-state index contributed by atoms with van der Waals surface area (Å²) in [6, 6.07) is 0. The number of carbonyl (C=O) groups is 1. The first-order valence-electron chi connectivity index (χ1n) is 5.56. The van der Waals surface area contributed by atoms with Crippen molar-refractivity contribution >= 4 is 5.91 Å². The van der Waals surface area contributed by atoms with Crippen LogP contribution in [0.1, 0.15) is 0 Å². The maximum Gasteiger partial charge on any atom is 0.460 e. The number of amides is 1. The molecule has 25 heavy (non-hydrogen) atoms. The lowest BCUT2D eigenvalue weighted by atomic mass is 9.94. The molecule has 1 amide bonds. The Labute approximate surface area is 129 Å². The second kappa shape index (κ2) is 6.23. The fourth-order valence-corrected chi connectivity index (χ4v) is 1.18. The summed E-state index contributed by atoms with van der Waals surface area (Å²) < 4.78 is 164. The predicted octanol–water partition coefficient (Wildman–Crippen LogP) is 4.03. The number of alkyl halides is 13. The van der Waals surface area contributed by atoms with Crippen LogP contribution in [0.2, 0.25) is 0 Å². The molecule has 0 radical (unpaired) electrons. The van der Waals surface area contributed by atoms with Crippen molar-refractivity contribution in [3.8, 4) is 0 Å². The van der Waals surface area contributed by atoms with Crippen LogP contribution in [0.15, 0.2) is 12.7 Å². The van der Waals surface area contributed by atoms with E-state index in [1.165, 1.54) is 0 Å². The lowest BCUT2D eigenvalue weighted by molar-refractivity contribution is -0.439. The molecule has 0 rings (SSSR count). The van der Waals surface area contributed by atoms with Gasteiger partial charge in [0, 0.05) is 0 Å². The molecule has 0 fully saturated rings. The van der Waals surface area contributed by atoms with Crippen LogP contribution in [0.5, 0.6) is 0 Å². The molecule has 0 aromatic carbocycles. The van der Waals surface area contributed by atoms with E-state index in [1.54, 1.807) is 0 Å². The number of hydrogen-bond donors (Lipinski definition) is 1. The third-order valence-corrected chi connectivity index (χ3v) is 2.67.